The van der Waals surface area contributed by atoms with Crippen molar-refractivity contribution in [3.63, 3.8) is 0 Å². The Morgan fingerprint density at radius 2 is 2.08 bits per heavy atom. The number of aryl methyl sites for hydroxylation is 1. The minimum atomic E-state index is -0.406. The molecule has 0 aliphatic heterocycles. The number of thiazole rings is 1. The zero-order valence-corrected chi connectivity index (χ0v) is 14.7. The van der Waals surface area contributed by atoms with Gasteiger partial charge in [-0.1, -0.05) is 18.2 Å². The number of fused-ring (bicyclic) bond motifs is 1. The molecule has 1 amide bonds. The second-order valence-electron chi connectivity index (χ2n) is 5.64. The van der Waals surface area contributed by atoms with E-state index >= 15 is 0 Å². The number of carbonyl (C=O) groups is 1. The number of nitrogens with zero attached hydrogens (tertiary/aromatic N) is 1. The van der Waals surface area contributed by atoms with Gasteiger partial charge in [0.1, 0.15) is 0 Å². The summed E-state index contributed by atoms with van der Waals surface area (Å²) in [6.07, 6.45) is 1.53. The molecule has 0 spiro atoms. The summed E-state index contributed by atoms with van der Waals surface area (Å²) in [5.41, 5.74) is 1.77. The summed E-state index contributed by atoms with van der Waals surface area (Å²) in [6, 6.07) is 12.8. The first-order valence-corrected chi connectivity index (χ1v) is 8.91. The third-order valence-corrected chi connectivity index (χ3v) is 4.95. The van der Waals surface area contributed by atoms with E-state index in [2.05, 4.69) is 10.3 Å². The molecular weight excluding hydrogens is 339 g/mol. The molecule has 4 nitrogen and oxygen atoms in total. The van der Waals surface area contributed by atoms with Crippen LogP contribution in [0.1, 0.15) is 17.0 Å². The topological polar surface area (TPSA) is 51.2 Å². The highest BCUT2D eigenvalue weighted by Crippen LogP contribution is 2.21. The summed E-state index contributed by atoms with van der Waals surface area (Å²) in [5.74, 6) is -0.238. The molecule has 0 unspecified atom stereocenters. The molecule has 6 heteroatoms. The maximum Gasteiger partial charge on any atom is 0.220 e. The Morgan fingerprint density at radius 1 is 1.24 bits per heavy atom. The molecule has 3 rings (SSSR count). The van der Waals surface area contributed by atoms with Crippen LogP contribution in [0.4, 0.5) is 4.39 Å². The van der Waals surface area contributed by atoms with Gasteiger partial charge in [-0.05, 0) is 36.2 Å². The molecule has 0 bridgehead atoms. The third-order valence-electron chi connectivity index (χ3n) is 3.86. The Morgan fingerprint density at radius 3 is 2.84 bits per heavy atom. The van der Waals surface area contributed by atoms with Crippen LogP contribution in [-0.4, -0.2) is 24.5 Å². The van der Waals surface area contributed by atoms with Gasteiger partial charge in [0.05, 0.1) is 22.3 Å². The van der Waals surface area contributed by atoms with Crippen LogP contribution in [0.3, 0.4) is 0 Å². The van der Waals surface area contributed by atoms with E-state index in [1.807, 2.05) is 24.3 Å². The molecule has 0 aliphatic carbocycles. The third kappa shape index (κ3) is 4.54. The maximum absolute atomic E-state index is 13.6. The summed E-state index contributed by atoms with van der Waals surface area (Å²) in [4.78, 5) is 16.5. The summed E-state index contributed by atoms with van der Waals surface area (Å²) in [6.45, 7) is 0.551. The van der Waals surface area contributed by atoms with E-state index in [9.17, 15) is 9.18 Å². The normalized spacial score (nSPS) is 10.8. The molecule has 0 saturated carbocycles. The first-order valence-electron chi connectivity index (χ1n) is 8.09. The molecule has 0 atom stereocenters. The largest absolute Gasteiger partial charge is 0.494 e. The molecule has 25 heavy (non-hydrogen) atoms. The van der Waals surface area contributed by atoms with E-state index in [-0.39, 0.29) is 11.7 Å². The van der Waals surface area contributed by atoms with Crippen LogP contribution in [0.2, 0.25) is 0 Å². The van der Waals surface area contributed by atoms with Gasteiger partial charge in [-0.25, -0.2) is 9.37 Å². The predicted molar refractivity (Wildman–Crippen MR) is 97.6 cm³/mol. The van der Waals surface area contributed by atoms with Crippen LogP contribution in [0, 0.1) is 5.82 Å². The van der Waals surface area contributed by atoms with Crippen molar-refractivity contribution in [2.45, 2.75) is 19.3 Å². The average Bonchev–Trinajstić information content (AvgIpc) is 3.03. The fourth-order valence-electron chi connectivity index (χ4n) is 2.55. The lowest BCUT2D eigenvalue weighted by atomic mass is 10.1. The fraction of sp³-hybridized carbons (Fsp3) is 0.263. The van der Waals surface area contributed by atoms with Crippen molar-refractivity contribution in [1.29, 1.82) is 0 Å². The molecule has 3 aromatic rings. The Balaban J connectivity index is 1.44. The minimum Gasteiger partial charge on any atom is -0.494 e. The molecule has 2 aromatic carbocycles. The molecule has 0 saturated heterocycles. The predicted octanol–water partition coefficient (Wildman–Crippen LogP) is 3.74. The van der Waals surface area contributed by atoms with Gasteiger partial charge in [0.25, 0.3) is 0 Å². The van der Waals surface area contributed by atoms with Gasteiger partial charge in [0.2, 0.25) is 5.91 Å². The van der Waals surface area contributed by atoms with Crippen LogP contribution in [0.15, 0.2) is 42.5 Å². The van der Waals surface area contributed by atoms with Crippen molar-refractivity contribution in [3.8, 4) is 5.75 Å². The number of amides is 1. The van der Waals surface area contributed by atoms with Crippen molar-refractivity contribution in [3.05, 3.63) is 58.9 Å². The lowest BCUT2D eigenvalue weighted by Gasteiger charge is -2.06. The number of rotatable bonds is 7. The van der Waals surface area contributed by atoms with Crippen LogP contribution in [-0.2, 0) is 17.6 Å². The minimum absolute atomic E-state index is 0.0441. The van der Waals surface area contributed by atoms with Crippen molar-refractivity contribution in [2.24, 2.45) is 0 Å². The summed E-state index contributed by atoms with van der Waals surface area (Å²) >= 11 is 1.65. The quantitative estimate of drug-likeness (QED) is 0.700. The lowest BCUT2D eigenvalue weighted by molar-refractivity contribution is -0.121. The number of nitrogens with one attached hydrogen (secondary N) is 1. The number of carbonyl (C=O) groups excluding carboxylic acids is 1. The van der Waals surface area contributed by atoms with Crippen molar-refractivity contribution < 1.29 is 13.9 Å². The number of benzene rings is 2. The summed E-state index contributed by atoms with van der Waals surface area (Å²) in [7, 11) is 1.43. The van der Waals surface area contributed by atoms with Gasteiger partial charge in [-0.3, -0.25) is 4.79 Å². The van der Waals surface area contributed by atoms with Gasteiger partial charge in [0, 0.05) is 19.4 Å². The first-order chi connectivity index (χ1) is 12.2. The highest BCUT2D eigenvalue weighted by molar-refractivity contribution is 7.18. The van der Waals surface area contributed by atoms with Crippen LogP contribution in [0.5, 0.6) is 5.75 Å². The zero-order chi connectivity index (χ0) is 17.6. The number of aromatic nitrogens is 1. The molecule has 1 N–H and O–H groups in total. The Bertz CT molecular complexity index is 846. The number of hydrogen-bond donors (Lipinski definition) is 1. The number of hydrogen-bond acceptors (Lipinski definition) is 4. The maximum atomic E-state index is 13.6. The van der Waals surface area contributed by atoms with E-state index in [4.69, 9.17) is 4.74 Å². The Labute approximate surface area is 149 Å². The Kier molecular flexibility index (Phi) is 5.60. The molecule has 1 aromatic heterocycles. The lowest BCUT2D eigenvalue weighted by Crippen LogP contribution is -2.25. The number of methoxy groups -OCH3 is 1. The Hall–Kier alpha value is -2.47. The van der Waals surface area contributed by atoms with E-state index in [1.54, 1.807) is 23.5 Å². The average molecular weight is 358 g/mol. The van der Waals surface area contributed by atoms with Crippen molar-refractivity contribution >= 4 is 27.5 Å². The van der Waals surface area contributed by atoms with E-state index < -0.39 is 5.82 Å². The molecule has 1 heterocycles. The molecule has 130 valence electrons. The van der Waals surface area contributed by atoms with Gasteiger partial charge in [-0.2, -0.15) is 0 Å². The fourth-order valence-corrected chi connectivity index (χ4v) is 3.51. The summed E-state index contributed by atoms with van der Waals surface area (Å²) in [5, 5.41) is 3.90. The molecular formula is C19H19FN2O2S. The van der Waals surface area contributed by atoms with Gasteiger partial charge in [-0.15, -0.1) is 11.3 Å². The zero-order valence-electron chi connectivity index (χ0n) is 13.9. The van der Waals surface area contributed by atoms with E-state index in [0.717, 1.165) is 20.8 Å². The second kappa shape index (κ2) is 8.07. The van der Waals surface area contributed by atoms with E-state index in [1.165, 1.54) is 13.2 Å². The monoisotopic (exact) mass is 358 g/mol. The van der Waals surface area contributed by atoms with Crippen LogP contribution in [0.25, 0.3) is 10.2 Å². The highest BCUT2D eigenvalue weighted by atomic mass is 32.1. The van der Waals surface area contributed by atoms with Crippen LogP contribution >= 0.6 is 11.3 Å². The van der Waals surface area contributed by atoms with Gasteiger partial charge in [0.15, 0.2) is 11.6 Å². The van der Waals surface area contributed by atoms with Crippen molar-refractivity contribution in [2.75, 3.05) is 13.7 Å². The highest BCUT2D eigenvalue weighted by Gasteiger charge is 2.07. The standard InChI is InChI=1S/C19H19FN2O2S/c1-24-16-8-6-13(12-14(16)20)7-9-18(23)21-11-10-19-22-15-4-2-3-5-17(15)25-19/h2-6,8,12H,7,9-11H2,1H3,(H,21,23). The molecule has 0 aliphatic rings. The molecule has 0 fully saturated rings. The van der Waals surface area contributed by atoms with Crippen LogP contribution < -0.4 is 10.1 Å². The van der Waals surface area contributed by atoms with Crippen molar-refractivity contribution in [1.82, 2.24) is 10.3 Å². The van der Waals surface area contributed by atoms with Gasteiger partial charge < -0.3 is 10.1 Å². The molecule has 0 radical (unpaired) electrons. The summed E-state index contributed by atoms with van der Waals surface area (Å²) < 4.78 is 19.7. The van der Waals surface area contributed by atoms with E-state index in [0.29, 0.717) is 25.8 Å². The number of halogens is 1. The first kappa shape index (κ1) is 17.4. The number of ether oxygens (including phenoxy) is 1. The number of para-hydroxylation sites is 1. The SMILES string of the molecule is COc1ccc(CCC(=O)NCCc2nc3ccccc3s2)cc1F. The van der Waals surface area contributed by atoms with Gasteiger partial charge >= 0.3 is 0 Å². The second-order valence-corrected chi connectivity index (χ2v) is 6.76. The smallest absolute Gasteiger partial charge is 0.220 e.